The fraction of sp³-hybridized carbons (Fsp3) is 0.593. The van der Waals surface area contributed by atoms with Gasteiger partial charge in [0.2, 0.25) is 5.91 Å². The third-order valence-corrected chi connectivity index (χ3v) is 5.74. The first kappa shape index (κ1) is 25.2. The number of nitrogens with zero attached hydrogens (tertiary/aromatic N) is 1. The summed E-state index contributed by atoms with van der Waals surface area (Å²) >= 11 is 0. The molecule has 0 saturated carbocycles. The minimum absolute atomic E-state index is 0.249. The van der Waals surface area contributed by atoms with Crippen LogP contribution >= 0.6 is 0 Å². The molecule has 1 aromatic carbocycles. The zero-order valence-corrected chi connectivity index (χ0v) is 19.3. The number of aliphatic hydroxyl groups excluding tert-OH is 1. The van der Waals surface area contributed by atoms with Crippen molar-refractivity contribution in [3.63, 3.8) is 0 Å². The minimum Gasteiger partial charge on any atom is -0.493 e. The third-order valence-electron chi connectivity index (χ3n) is 5.74. The van der Waals surface area contributed by atoms with Crippen LogP contribution < -0.4 is 4.74 Å². The zero-order chi connectivity index (χ0) is 22.2. The first-order chi connectivity index (χ1) is 15.2. The Morgan fingerprint density at radius 2 is 1.81 bits per heavy atom. The Morgan fingerprint density at radius 1 is 1.06 bits per heavy atom. The molecule has 1 unspecified atom stereocenters. The average Bonchev–Trinajstić information content (AvgIpc) is 3.32. The van der Waals surface area contributed by atoms with Gasteiger partial charge in [-0.3, -0.25) is 4.79 Å². The number of aliphatic hydroxyl groups is 1. The summed E-state index contributed by atoms with van der Waals surface area (Å²) in [7, 11) is 0. The van der Waals surface area contributed by atoms with E-state index in [1.807, 2.05) is 53.5 Å². The molecule has 1 aromatic rings. The number of rotatable bonds is 15. The van der Waals surface area contributed by atoms with Gasteiger partial charge in [-0.25, -0.2) is 0 Å². The lowest BCUT2D eigenvalue weighted by atomic mass is 10.1. The Kier molecular flexibility index (Phi) is 12.8. The number of allylic oxidation sites excluding steroid dienone is 2. The van der Waals surface area contributed by atoms with E-state index in [2.05, 4.69) is 6.92 Å². The first-order valence-corrected chi connectivity index (χ1v) is 12.2. The van der Waals surface area contributed by atoms with E-state index in [1.54, 1.807) is 0 Å². The van der Waals surface area contributed by atoms with E-state index in [-0.39, 0.29) is 12.0 Å². The first-order valence-electron chi connectivity index (χ1n) is 12.2. The maximum atomic E-state index is 12.1. The van der Waals surface area contributed by atoms with Crippen molar-refractivity contribution in [2.45, 2.75) is 83.7 Å². The van der Waals surface area contributed by atoms with Gasteiger partial charge < -0.3 is 14.7 Å². The van der Waals surface area contributed by atoms with Gasteiger partial charge in [0.1, 0.15) is 5.75 Å². The van der Waals surface area contributed by atoms with Gasteiger partial charge in [-0.2, -0.15) is 0 Å². The fourth-order valence-corrected chi connectivity index (χ4v) is 3.86. The summed E-state index contributed by atoms with van der Waals surface area (Å²) in [6, 6.07) is 7.92. The van der Waals surface area contributed by atoms with Gasteiger partial charge in [-0.1, -0.05) is 88.0 Å². The van der Waals surface area contributed by atoms with Crippen LogP contribution in [0.2, 0.25) is 0 Å². The molecule has 0 spiro atoms. The van der Waals surface area contributed by atoms with Crippen molar-refractivity contribution >= 4 is 12.0 Å². The van der Waals surface area contributed by atoms with Crippen LogP contribution in [0.15, 0.2) is 42.5 Å². The van der Waals surface area contributed by atoms with Gasteiger partial charge in [0.15, 0.2) is 0 Å². The highest BCUT2D eigenvalue weighted by Gasteiger charge is 2.17. The molecule has 1 saturated heterocycles. The Morgan fingerprint density at radius 3 is 2.61 bits per heavy atom. The lowest BCUT2D eigenvalue weighted by Gasteiger charge is -2.15. The lowest BCUT2D eigenvalue weighted by Crippen LogP contribution is -2.27. The summed E-state index contributed by atoms with van der Waals surface area (Å²) in [5.74, 6) is 1.08. The smallest absolute Gasteiger partial charge is 0.222 e. The predicted molar refractivity (Wildman–Crippen MR) is 129 cm³/mol. The summed E-state index contributed by atoms with van der Waals surface area (Å²) in [5, 5.41) is 10.1. The number of para-hydroxylation sites is 1. The van der Waals surface area contributed by atoms with Crippen LogP contribution in [0, 0.1) is 0 Å². The van der Waals surface area contributed by atoms with Gasteiger partial charge in [0, 0.05) is 25.1 Å². The van der Waals surface area contributed by atoms with Crippen molar-refractivity contribution in [1.82, 2.24) is 4.90 Å². The second-order valence-electron chi connectivity index (χ2n) is 8.45. The van der Waals surface area contributed by atoms with Crippen LogP contribution in [0.1, 0.15) is 83.1 Å². The van der Waals surface area contributed by atoms with Crippen molar-refractivity contribution in [2.24, 2.45) is 0 Å². The summed E-state index contributed by atoms with van der Waals surface area (Å²) in [6.45, 7) is 4.59. The highest BCUT2D eigenvalue weighted by Crippen LogP contribution is 2.20. The molecule has 2 rings (SSSR count). The zero-order valence-electron chi connectivity index (χ0n) is 19.3. The van der Waals surface area contributed by atoms with Crippen LogP contribution in [0.4, 0.5) is 0 Å². The van der Waals surface area contributed by atoms with Crippen LogP contribution in [-0.4, -0.2) is 41.7 Å². The Hall–Kier alpha value is -2.07. The van der Waals surface area contributed by atoms with E-state index in [0.717, 1.165) is 56.5 Å². The molecule has 0 aromatic heterocycles. The van der Waals surface area contributed by atoms with Crippen molar-refractivity contribution in [3.8, 4) is 5.75 Å². The summed E-state index contributed by atoms with van der Waals surface area (Å²) in [5.41, 5.74) is 1.00. The molecule has 0 bridgehead atoms. The molecule has 4 heteroatoms. The molecule has 1 aliphatic heterocycles. The molecule has 1 amide bonds. The van der Waals surface area contributed by atoms with E-state index >= 15 is 0 Å². The SMILES string of the molecule is CCCCCCCCC(O)C=CC=Cc1ccccc1OCCCC(=O)N1CCCC1. The van der Waals surface area contributed by atoms with Crippen molar-refractivity contribution in [3.05, 3.63) is 48.1 Å². The average molecular weight is 428 g/mol. The highest BCUT2D eigenvalue weighted by molar-refractivity contribution is 5.76. The number of amides is 1. The molecule has 1 atom stereocenters. The van der Waals surface area contributed by atoms with E-state index in [9.17, 15) is 9.90 Å². The number of ether oxygens (including phenoxy) is 1. The Labute approximate surface area is 189 Å². The van der Waals surface area contributed by atoms with Crippen molar-refractivity contribution in [1.29, 1.82) is 0 Å². The molecule has 1 aliphatic rings. The van der Waals surface area contributed by atoms with Crippen LogP contribution in [0.3, 0.4) is 0 Å². The summed E-state index contributed by atoms with van der Waals surface area (Å²) in [4.78, 5) is 14.1. The number of benzene rings is 1. The van der Waals surface area contributed by atoms with E-state index in [1.165, 1.54) is 32.1 Å². The maximum absolute atomic E-state index is 12.1. The summed E-state index contributed by atoms with van der Waals surface area (Å²) < 4.78 is 5.93. The number of hydrogen-bond acceptors (Lipinski definition) is 3. The van der Waals surface area contributed by atoms with Crippen LogP contribution in [0.25, 0.3) is 6.08 Å². The molecule has 1 fully saturated rings. The Bertz CT molecular complexity index is 677. The van der Waals surface area contributed by atoms with Gasteiger partial charge in [0.05, 0.1) is 12.7 Å². The Balaban J connectivity index is 1.67. The standard InChI is InChI=1S/C27H41NO3/c1-2-3-4-5-6-7-17-25(29)18-10-8-15-24-16-9-11-19-26(24)31-23-14-20-27(30)28-21-12-13-22-28/h8-11,15-16,18-19,25,29H,2-7,12-14,17,20-23H2,1H3. The van der Waals surface area contributed by atoms with Gasteiger partial charge in [0.25, 0.3) is 0 Å². The van der Waals surface area contributed by atoms with Gasteiger partial charge in [-0.15, -0.1) is 0 Å². The number of carbonyl (C=O) groups excluding carboxylic acids is 1. The summed E-state index contributed by atoms with van der Waals surface area (Å²) in [6.07, 6.45) is 19.2. The molecule has 1 heterocycles. The number of carbonyl (C=O) groups is 1. The quantitative estimate of drug-likeness (QED) is 0.270. The fourth-order valence-electron chi connectivity index (χ4n) is 3.86. The normalized spacial score (nSPS) is 15.2. The molecule has 172 valence electrons. The molecular weight excluding hydrogens is 386 g/mol. The minimum atomic E-state index is -0.379. The molecule has 4 nitrogen and oxygen atoms in total. The molecular formula is C27H41NO3. The maximum Gasteiger partial charge on any atom is 0.222 e. The second kappa shape index (κ2) is 15.7. The molecule has 0 radical (unpaired) electrons. The van der Waals surface area contributed by atoms with Crippen molar-refractivity contribution < 1.29 is 14.6 Å². The van der Waals surface area contributed by atoms with E-state index in [4.69, 9.17) is 4.74 Å². The predicted octanol–water partition coefficient (Wildman–Crippen LogP) is 6.15. The number of likely N-dealkylation sites (tertiary alicyclic amines) is 1. The van der Waals surface area contributed by atoms with Crippen LogP contribution in [0.5, 0.6) is 5.75 Å². The molecule has 1 N–H and O–H groups in total. The topological polar surface area (TPSA) is 49.8 Å². The van der Waals surface area contributed by atoms with Crippen molar-refractivity contribution in [2.75, 3.05) is 19.7 Å². The lowest BCUT2D eigenvalue weighted by molar-refractivity contribution is -0.130. The number of unbranched alkanes of at least 4 members (excludes halogenated alkanes) is 5. The number of hydrogen-bond donors (Lipinski definition) is 1. The third kappa shape index (κ3) is 10.7. The van der Waals surface area contributed by atoms with Gasteiger partial charge in [-0.05, 0) is 31.7 Å². The second-order valence-corrected chi connectivity index (χ2v) is 8.45. The van der Waals surface area contributed by atoms with E-state index in [0.29, 0.717) is 13.0 Å². The highest BCUT2D eigenvalue weighted by atomic mass is 16.5. The monoisotopic (exact) mass is 427 g/mol. The molecule has 0 aliphatic carbocycles. The van der Waals surface area contributed by atoms with E-state index < -0.39 is 0 Å². The molecule has 31 heavy (non-hydrogen) atoms. The largest absolute Gasteiger partial charge is 0.493 e. The van der Waals surface area contributed by atoms with Gasteiger partial charge >= 0.3 is 0 Å². The van der Waals surface area contributed by atoms with Crippen LogP contribution in [-0.2, 0) is 4.79 Å².